The molecule has 0 fully saturated rings. The number of hydrogen-bond acceptors (Lipinski definition) is 7. The number of aromatic nitrogens is 2. The van der Waals surface area contributed by atoms with Gasteiger partial charge in [-0.15, -0.1) is 0 Å². The number of nitrogen functional groups attached to an aromatic ring is 1. The zero-order chi connectivity index (χ0) is 57.5. The Morgan fingerprint density at radius 3 is 1.49 bits per heavy atom. The maximum absolute atomic E-state index is 13.7. The minimum absolute atomic E-state index is 0.139. The summed E-state index contributed by atoms with van der Waals surface area (Å²) >= 11 is 9.46. The second-order valence-corrected chi connectivity index (χ2v) is 17.1. The predicted molar refractivity (Wildman–Crippen MR) is 294 cm³/mol. The van der Waals surface area contributed by atoms with Crippen LogP contribution in [0.5, 0.6) is 0 Å². The Balaban J connectivity index is 0.000000162. The molecule has 0 saturated carbocycles. The first kappa shape index (κ1) is 58.2. The number of isothiocyanates is 1. The van der Waals surface area contributed by atoms with Crippen LogP contribution < -0.4 is 27.0 Å². The molecule has 1 heterocycles. The summed E-state index contributed by atoms with van der Waals surface area (Å²) in [7, 11) is 0. The van der Waals surface area contributed by atoms with E-state index >= 15 is 0 Å². The minimum atomic E-state index is -0.997. The highest BCUT2D eigenvalue weighted by atomic mass is 32.1. The number of imidazole rings is 1. The van der Waals surface area contributed by atoms with Crippen molar-refractivity contribution in [3.05, 3.63) is 263 Å². The molecule has 0 bridgehead atoms. The Morgan fingerprint density at radius 1 is 0.463 bits per heavy atom. The van der Waals surface area contributed by atoms with E-state index in [1.807, 2.05) is 17.3 Å². The van der Waals surface area contributed by atoms with Crippen LogP contribution in [0.2, 0.25) is 0 Å². The number of nitrogens with zero attached hydrogens (tertiary/aromatic N) is 3. The maximum Gasteiger partial charge on any atom is 0.175 e. The highest BCUT2D eigenvalue weighted by Gasteiger charge is 2.16. The topological polar surface area (TPSA) is 104 Å². The molecule has 10 aromatic rings. The number of nitrogens with one attached hydrogen (secondary N) is 4. The highest BCUT2D eigenvalue weighted by Crippen LogP contribution is 2.29. The number of rotatable bonds is 10. The van der Waals surface area contributed by atoms with Crippen LogP contribution >= 0.6 is 24.4 Å². The van der Waals surface area contributed by atoms with Crippen molar-refractivity contribution in [1.82, 2.24) is 9.55 Å². The third-order valence-electron chi connectivity index (χ3n) is 10.9. The Hall–Kier alpha value is -9.50. The number of para-hydroxylation sites is 6. The van der Waals surface area contributed by atoms with Gasteiger partial charge in [-0.05, 0) is 139 Å². The van der Waals surface area contributed by atoms with E-state index in [0.717, 1.165) is 72.8 Å². The van der Waals surface area contributed by atoms with E-state index in [0.29, 0.717) is 62.2 Å². The number of nitrogens with two attached hydrogens (primary N) is 1. The number of fused-ring (bicyclic) bond motifs is 1. The van der Waals surface area contributed by atoms with Gasteiger partial charge >= 0.3 is 0 Å². The molecule has 22 heteroatoms. The Bertz CT molecular complexity index is 3890. The molecule has 0 atom stereocenters. The van der Waals surface area contributed by atoms with E-state index in [9.17, 15) is 52.7 Å². The molecule has 0 aliphatic carbocycles. The summed E-state index contributed by atoms with van der Waals surface area (Å²) in [4.78, 5) is 7.99. The third-order valence-corrected chi connectivity index (χ3v) is 11.2. The number of halogens is 12. The van der Waals surface area contributed by atoms with Gasteiger partial charge in [0.1, 0.15) is 5.82 Å². The van der Waals surface area contributed by atoms with Gasteiger partial charge in [0, 0.05) is 53.8 Å². The molecule has 9 aromatic carbocycles. The Labute approximate surface area is 458 Å². The smallest absolute Gasteiger partial charge is 0.175 e. The van der Waals surface area contributed by atoms with Crippen molar-refractivity contribution < 1.29 is 52.7 Å². The average Bonchev–Trinajstić information content (AvgIpc) is 3.84. The molecule has 1 aromatic heterocycles. The summed E-state index contributed by atoms with van der Waals surface area (Å²) in [5, 5.41) is 13.7. The Kier molecular flexibility index (Phi) is 19.8. The molecule has 80 heavy (non-hydrogen) atoms. The first-order valence-electron chi connectivity index (χ1n) is 23.1. The molecule has 10 rings (SSSR count). The van der Waals surface area contributed by atoms with Crippen molar-refractivity contribution >= 4 is 91.2 Å². The molecule has 0 saturated heterocycles. The summed E-state index contributed by atoms with van der Waals surface area (Å²) in [6, 6.07) is 42.0. The summed E-state index contributed by atoms with van der Waals surface area (Å²) < 4.78 is 158. The molecule has 0 amide bonds. The number of aliphatic imine (C=N–C) groups is 1. The second-order valence-electron chi connectivity index (χ2n) is 16.5. The van der Waals surface area contributed by atoms with Crippen LogP contribution in [0.25, 0.3) is 16.7 Å². The van der Waals surface area contributed by atoms with E-state index < -0.39 is 69.8 Å². The van der Waals surface area contributed by atoms with Crippen LogP contribution in [0.1, 0.15) is 11.4 Å². The first-order valence-corrected chi connectivity index (χ1v) is 24.0. The standard InChI is InChI=1S/C20H12F4N2.C19H13F4N3S.C12H10F2N2.C7H3F2NS/c21-14-7-5-12(9-16(14)23)10-20-25-18-3-1-2-4-19(18)26(20)13-6-8-15(22)17(24)11-13;20-13-7-5-11(9-15(13)22)24-17-3-1-2-4-18(17)26-19(27)25-12-6-8-14(21)16(23)10-12;13-9-6-5-8(7-10(9)14)16-12-4-2-1-3-11(12)15;8-6-2-1-5(10-4-11)3-7(6)9/h1-9,11H,10H2;1-10,24H,(H2,25,26,27);1-7,16H,15H2;1-3H. The van der Waals surface area contributed by atoms with Crippen LogP contribution in [-0.2, 0) is 6.42 Å². The summed E-state index contributed by atoms with van der Waals surface area (Å²) in [5.41, 5.74) is 11.6. The summed E-state index contributed by atoms with van der Waals surface area (Å²) in [5.74, 6) is -10.7. The van der Waals surface area contributed by atoms with Gasteiger partial charge in [0.25, 0.3) is 0 Å². The summed E-state index contributed by atoms with van der Waals surface area (Å²) in [6.07, 6.45) is 0.199. The molecular formula is C58H38F12N8S2. The van der Waals surface area contributed by atoms with E-state index in [1.54, 1.807) is 65.2 Å². The van der Waals surface area contributed by atoms with Crippen LogP contribution in [0.4, 0.5) is 98.2 Å². The van der Waals surface area contributed by atoms with Gasteiger partial charge in [-0.25, -0.2) is 57.7 Å². The number of thiocarbonyl (C=S) groups is 2. The highest BCUT2D eigenvalue weighted by molar-refractivity contribution is 7.80. The molecule has 0 aliphatic rings. The molecule has 0 spiro atoms. The lowest BCUT2D eigenvalue weighted by molar-refractivity contribution is 0.507. The lowest BCUT2D eigenvalue weighted by Crippen LogP contribution is -2.19. The molecule has 0 radical (unpaired) electrons. The molecule has 6 N–H and O–H groups in total. The fourth-order valence-corrected chi connectivity index (χ4v) is 7.51. The van der Waals surface area contributed by atoms with Crippen LogP contribution in [0.15, 0.2) is 187 Å². The van der Waals surface area contributed by atoms with Crippen molar-refractivity contribution in [3.63, 3.8) is 0 Å². The first-order chi connectivity index (χ1) is 38.3. The normalized spacial score (nSPS) is 10.4. The van der Waals surface area contributed by atoms with E-state index in [4.69, 9.17) is 18.0 Å². The van der Waals surface area contributed by atoms with Gasteiger partial charge in [0.15, 0.2) is 74.9 Å². The third kappa shape index (κ3) is 15.8. The number of benzene rings is 9. The lowest BCUT2D eigenvalue weighted by Gasteiger charge is -2.15. The average molecular weight is 1140 g/mol. The van der Waals surface area contributed by atoms with Crippen LogP contribution in [-0.4, -0.2) is 19.8 Å². The van der Waals surface area contributed by atoms with Crippen LogP contribution in [0.3, 0.4) is 0 Å². The number of hydrogen-bond donors (Lipinski definition) is 5. The quantitative estimate of drug-likeness (QED) is 0.0399. The van der Waals surface area contributed by atoms with Gasteiger partial charge in [-0.1, -0.05) is 42.5 Å². The Morgan fingerprint density at radius 2 is 0.925 bits per heavy atom. The summed E-state index contributed by atoms with van der Waals surface area (Å²) in [6.45, 7) is 0. The zero-order valence-electron chi connectivity index (χ0n) is 40.8. The van der Waals surface area contributed by atoms with Gasteiger partial charge in [0.05, 0.1) is 50.3 Å². The van der Waals surface area contributed by atoms with Crippen LogP contribution in [0, 0.1) is 69.8 Å². The second kappa shape index (κ2) is 27.2. The van der Waals surface area contributed by atoms with Crippen molar-refractivity contribution in [2.45, 2.75) is 6.42 Å². The monoisotopic (exact) mass is 1140 g/mol. The minimum Gasteiger partial charge on any atom is -0.397 e. The number of anilines is 7. The maximum atomic E-state index is 13.7. The molecule has 406 valence electrons. The van der Waals surface area contributed by atoms with Gasteiger partial charge in [-0.2, -0.15) is 4.99 Å². The van der Waals surface area contributed by atoms with Gasteiger partial charge < -0.3 is 27.0 Å². The van der Waals surface area contributed by atoms with Gasteiger partial charge in [-0.3, -0.25) is 4.57 Å². The molecule has 0 unspecified atom stereocenters. The van der Waals surface area contributed by atoms with E-state index in [-0.39, 0.29) is 22.9 Å². The fraction of sp³-hybridized carbons (Fsp3) is 0.0172. The van der Waals surface area contributed by atoms with Crippen molar-refractivity contribution in [1.29, 1.82) is 0 Å². The lowest BCUT2D eigenvalue weighted by atomic mass is 10.1. The SMILES string of the molecule is Fc1ccc(Cc2nc3ccccc3n2-c2ccc(F)c(F)c2)cc1F.Fc1ccc(N=C=S)cc1F.Fc1ccc(NC(=S)Nc2ccccc2Nc2ccc(F)c(F)c2)cc1F.Nc1ccccc1Nc1ccc(F)c(F)c1. The van der Waals surface area contributed by atoms with E-state index in [1.165, 1.54) is 36.4 Å². The zero-order valence-corrected chi connectivity index (χ0v) is 42.4. The van der Waals surface area contributed by atoms with Crippen molar-refractivity contribution in [2.75, 3.05) is 27.0 Å². The van der Waals surface area contributed by atoms with Crippen molar-refractivity contribution in [2.24, 2.45) is 4.99 Å². The van der Waals surface area contributed by atoms with E-state index in [2.05, 4.69) is 43.5 Å². The predicted octanol–water partition coefficient (Wildman–Crippen LogP) is 17.0. The van der Waals surface area contributed by atoms with Crippen molar-refractivity contribution in [3.8, 4) is 5.69 Å². The van der Waals surface area contributed by atoms with Gasteiger partial charge in [0.2, 0.25) is 0 Å². The molecule has 8 nitrogen and oxygen atoms in total. The molecular weight excluding hydrogens is 1100 g/mol. The molecule has 0 aliphatic heterocycles. The largest absolute Gasteiger partial charge is 0.397 e. The fourth-order valence-electron chi connectivity index (χ4n) is 7.18.